The molecule has 0 fully saturated rings. The van der Waals surface area contributed by atoms with Crippen LogP contribution in [0.4, 0.5) is 10.1 Å². The van der Waals surface area contributed by atoms with Crippen LogP contribution >= 0.6 is 11.6 Å². The molecular formula is C11H9ClFNO3. The number of halogens is 2. The molecule has 1 aromatic rings. The minimum atomic E-state index is -0.641. The lowest BCUT2D eigenvalue weighted by Gasteiger charge is -2.02. The van der Waals surface area contributed by atoms with Gasteiger partial charge in [-0.05, 0) is 18.2 Å². The molecule has 1 amide bonds. The van der Waals surface area contributed by atoms with Crippen molar-refractivity contribution in [3.63, 3.8) is 0 Å². The third-order valence-corrected chi connectivity index (χ3v) is 2.05. The quantitative estimate of drug-likeness (QED) is 0.667. The Morgan fingerprint density at radius 3 is 2.71 bits per heavy atom. The second-order valence-corrected chi connectivity index (χ2v) is 3.38. The highest BCUT2D eigenvalue weighted by atomic mass is 35.5. The molecule has 0 saturated carbocycles. The van der Waals surface area contributed by atoms with Crippen LogP contribution in [0.2, 0.25) is 5.02 Å². The minimum absolute atomic E-state index is 0.0975. The first-order valence-corrected chi connectivity index (χ1v) is 4.93. The van der Waals surface area contributed by atoms with Gasteiger partial charge in [0.2, 0.25) is 5.91 Å². The molecule has 17 heavy (non-hydrogen) atoms. The first kappa shape index (κ1) is 13.2. The predicted octanol–water partition coefficient (Wildman–Crippen LogP) is 2.15. The number of methoxy groups -OCH3 is 1. The van der Waals surface area contributed by atoms with E-state index in [1.807, 2.05) is 0 Å². The summed E-state index contributed by atoms with van der Waals surface area (Å²) < 4.78 is 17.1. The van der Waals surface area contributed by atoms with Gasteiger partial charge in [-0.15, -0.1) is 0 Å². The molecule has 0 aliphatic rings. The molecule has 0 radical (unpaired) electrons. The van der Waals surface area contributed by atoms with Crippen molar-refractivity contribution in [1.29, 1.82) is 0 Å². The van der Waals surface area contributed by atoms with Crippen molar-refractivity contribution in [3.8, 4) is 0 Å². The summed E-state index contributed by atoms with van der Waals surface area (Å²) in [5.74, 6) is -1.76. The third-order valence-electron chi connectivity index (χ3n) is 1.76. The first-order valence-electron chi connectivity index (χ1n) is 4.55. The van der Waals surface area contributed by atoms with E-state index in [-0.39, 0.29) is 5.02 Å². The molecule has 0 aromatic heterocycles. The topological polar surface area (TPSA) is 55.4 Å². The molecule has 0 heterocycles. The second-order valence-electron chi connectivity index (χ2n) is 2.97. The number of ether oxygens (including phenoxy) is 1. The number of carbonyl (C=O) groups is 2. The van der Waals surface area contributed by atoms with Gasteiger partial charge in [0.1, 0.15) is 5.82 Å². The fourth-order valence-electron chi connectivity index (χ4n) is 0.970. The van der Waals surface area contributed by atoms with Crippen molar-refractivity contribution in [2.75, 3.05) is 12.4 Å². The summed E-state index contributed by atoms with van der Waals surface area (Å²) >= 11 is 5.53. The predicted molar refractivity (Wildman–Crippen MR) is 61.2 cm³/mol. The average molecular weight is 258 g/mol. The number of rotatable bonds is 3. The molecule has 90 valence electrons. The van der Waals surface area contributed by atoms with Crippen molar-refractivity contribution in [3.05, 3.63) is 41.2 Å². The zero-order valence-electron chi connectivity index (χ0n) is 8.87. The molecule has 0 unspecified atom stereocenters. The van der Waals surface area contributed by atoms with Crippen LogP contribution in [0.3, 0.4) is 0 Å². The molecule has 0 aliphatic heterocycles. The maximum Gasteiger partial charge on any atom is 0.330 e. The van der Waals surface area contributed by atoms with Gasteiger partial charge in [-0.25, -0.2) is 9.18 Å². The van der Waals surface area contributed by atoms with E-state index in [9.17, 15) is 14.0 Å². The Morgan fingerprint density at radius 1 is 1.41 bits per heavy atom. The van der Waals surface area contributed by atoms with Gasteiger partial charge < -0.3 is 10.1 Å². The average Bonchev–Trinajstić information content (AvgIpc) is 2.31. The smallest absolute Gasteiger partial charge is 0.330 e. The lowest BCUT2D eigenvalue weighted by Crippen LogP contribution is -2.09. The van der Waals surface area contributed by atoms with Crippen LogP contribution in [0.15, 0.2) is 30.4 Å². The molecule has 0 spiro atoms. The molecular weight excluding hydrogens is 249 g/mol. The Bertz CT molecular complexity index is 474. The Hall–Kier alpha value is -1.88. The molecule has 0 atom stereocenters. The van der Waals surface area contributed by atoms with Crippen molar-refractivity contribution in [2.45, 2.75) is 0 Å². The zero-order chi connectivity index (χ0) is 12.8. The molecule has 0 bridgehead atoms. The van der Waals surface area contributed by atoms with E-state index in [0.717, 1.165) is 18.2 Å². The molecule has 1 N–H and O–H groups in total. The number of esters is 1. The molecule has 4 nitrogen and oxygen atoms in total. The SMILES string of the molecule is COC(=O)C=CC(=O)Nc1ccc(F)c(Cl)c1. The Labute approximate surface area is 102 Å². The number of hydrogen-bond donors (Lipinski definition) is 1. The lowest BCUT2D eigenvalue weighted by atomic mass is 10.3. The minimum Gasteiger partial charge on any atom is -0.466 e. The molecule has 0 aliphatic carbocycles. The van der Waals surface area contributed by atoms with Crippen LogP contribution in [0, 0.1) is 5.82 Å². The molecule has 6 heteroatoms. The summed E-state index contributed by atoms with van der Waals surface area (Å²) in [4.78, 5) is 22.0. The Balaban J connectivity index is 2.65. The maximum absolute atomic E-state index is 12.8. The zero-order valence-corrected chi connectivity index (χ0v) is 9.62. The maximum atomic E-state index is 12.8. The van der Waals surface area contributed by atoms with E-state index in [0.29, 0.717) is 5.69 Å². The summed E-state index contributed by atoms with van der Waals surface area (Å²) in [5, 5.41) is 2.31. The number of carbonyl (C=O) groups excluding carboxylic acids is 2. The third kappa shape index (κ3) is 4.24. The highest BCUT2D eigenvalue weighted by Gasteiger charge is 2.03. The number of amides is 1. The van der Waals surface area contributed by atoms with Crippen molar-refractivity contribution >= 4 is 29.2 Å². The van der Waals surface area contributed by atoms with Gasteiger partial charge >= 0.3 is 5.97 Å². The fraction of sp³-hybridized carbons (Fsp3) is 0.0909. The summed E-state index contributed by atoms with van der Waals surface area (Å²) in [6.45, 7) is 0. The lowest BCUT2D eigenvalue weighted by molar-refractivity contribution is -0.135. The van der Waals surface area contributed by atoms with Crippen LogP contribution in [0.25, 0.3) is 0 Å². The van der Waals surface area contributed by atoms with Gasteiger partial charge in [-0.1, -0.05) is 11.6 Å². The van der Waals surface area contributed by atoms with Gasteiger partial charge in [0, 0.05) is 17.8 Å². The number of hydrogen-bond acceptors (Lipinski definition) is 3. The second kappa shape index (κ2) is 6.00. The summed E-state index contributed by atoms with van der Waals surface area (Å²) in [6.07, 6.45) is 1.98. The van der Waals surface area contributed by atoms with Crippen LogP contribution in [0.1, 0.15) is 0 Å². The number of nitrogens with one attached hydrogen (secondary N) is 1. The van der Waals surface area contributed by atoms with Crippen LogP contribution in [-0.4, -0.2) is 19.0 Å². The standard InChI is InChI=1S/C11H9ClFNO3/c1-17-11(16)5-4-10(15)14-7-2-3-9(13)8(12)6-7/h2-6H,1H3,(H,14,15). The van der Waals surface area contributed by atoms with Crippen molar-refractivity contribution < 1.29 is 18.7 Å². The van der Waals surface area contributed by atoms with Gasteiger partial charge in [-0.3, -0.25) is 4.79 Å². The highest BCUT2D eigenvalue weighted by Crippen LogP contribution is 2.19. The van der Waals surface area contributed by atoms with Gasteiger partial charge in [-0.2, -0.15) is 0 Å². The fourth-order valence-corrected chi connectivity index (χ4v) is 1.15. The molecule has 0 saturated heterocycles. The molecule has 1 aromatic carbocycles. The van der Waals surface area contributed by atoms with Crippen LogP contribution in [0.5, 0.6) is 0 Å². The van der Waals surface area contributed by atoms with Crippen LogP contribution < -0.4 is 5.32 Å². The number of anilines is 1. The van der Waals surface area contributed by atoms with E-state index in [1.165, 1.54) is 19.2 Å². The summed E-state index contributed by atoms with van der Waals surface area (Å²) in [7, 11) is 1.20. The van der Waals surface area contributed by atoms with E-state index in [1.54, 1.807) is 0 Å². The Kier molecular flexibility index (Phi) is 4.66. The van der Waals surface area contributed by atoms with E-state index < -0.39 is 17.7 Å². The molecule has 1 rings (SSSR count). The normalized spacial score (nSPS) is 10.3. The van der Waals surface area contributed by atoms with E-state index in [4.69, 9.17) is 11.6 Å². The largest absolute Gasteiger partial charge is 0.466 e. The van der Waals surface area contributed by atoms with Gasteiger partial charge in [0.15, 0.2) is 0 Å². The number of benzene rings is 1. The summed E-state index contributed by atoms with van der Waals surface area (Å²) in [5.41, 5.74) is 0.330. The van der Waals surface area contributed by atoms with Crippen LogP contribution in [-0.2, 0) is 14.3 Å². The first-order chi connectivity index (χ1) is 8.02. The van der Waals surface area contributed by atoms with E-state index in [2.05, 4.69) is 10.1 Å². The Morgan fingerprint density at radius 2 is 2.12 bits per heavy atom. The van der Waals surface area contributed by atoms with Crippen molar-refractivity contribution in [2.24, 2.45) is 0 Å². The van der Waals surface area contributed by atoms with E-state index >= 15 is 0 Å². The monoisotopic (exact) mass is 257 g/mol. The van der Waals surface area contributed by atoms with Gasteiger partial charge in [0.25, 0.3) is 0 Å². The summed E-state index contributed by atoms with van der Waals surface area (Å²) in [6, 6.07) is 3.74. The van der Waals surface area contributed by atoms with Crippen molar-refractivity contribution in [1.82, 2.24) is 0 Å². The highest BCUT2D eigenvalue weighted by molar-refractivity contribution is 6.31. The van der Waals surface area contributed by atoms with Gasteiger partial charge in [0.05, 0.1) is 12.1 Å².